The fourth-order valence-corrected chi connectivity index (χ4v) is 3.87. The summed E-state index contributed by atoms with van der Waals surface area (Å²) in [7, 11) is 1.56. The largest absolute Gasteiger partial charge is 0.357 e. The minimum absolute atomic E-state index is 0.0990. The highest BCUT2D eigenvalue weighted by Gasteiger charge is 2.25. The Hall–Kier alpha value is -1.69. The van der Waals surface area contributed by atoms with Crippen LogP contribution in [0.2, 0.25) is 10.0 Å². The van der Waals surface area contributed by atoms with E-state index in [9.17, 15) is 9.59 Å². The predicted octanol–water partition coefficient (Wildman–Crippen LogP) is 4.39. The van der Waals surface area contributed by atoms with Gasteiger partial charge in [-0.1, -0.05) is 47.5 Å². The third-order valence-electron chi connectivity index (χ3n) is 4.04. The maximum Gasteiger partial charge on any atom is 0.242 e. The van der Waals surface area contributed by atoms with E-state index >= 15 is 0 Å². The number of nitrogens with zero attached hydrogens (tertiary/aromatic N) is 1. The number of hydrogen-bond donors (Lipinski definition) is 1. The molecule has 2 amide bonds. The molecule has 2 rings (SSSR count). The Bertz CT molecular complexity index is 801. The molecule has 0 unspecified atom stereocenters. The van der Waals surface area contributed by atoms with Gasteiger partial charge in [0, 0.05) is 29.4 Å². The van der Waals surface area contributed by atoms with Crippen LogP contribution >= 0.6 is 35.0 Å². The van der Waals surface area contributed by atoms with Gasteiger partial charge in [-0.15, -0.1) is 11.8 Å². The van der Waals surface area contributed by atoms with Crippen molar-refractivity contribution in [3.63, 3.8) is 0 Å². The molecule has 7 heteroatoms. The molecule has 0 saturated heterocycles. The lowest BCUT2D eigenvalue weighted by atomic mass is 10.1. The van der Waals surface area contributed by atoms with Gasteiger partial charge in [0.1, 0.15) is 6.04 Å². The Labute approximate surface area is 174 Å². The van der Waals surface area contributed by atoms with Crippen LogP contribution in [0, 0.1) is 0 Å². The number of hydrogen-bond acceptors (Lipinski definition) is 3. The second-order valence-corrected chi connectivity index (χ2v) is 7.92. The van der Waals surface area contributed by atoms with Crippen molar-refractivity contribution >= 4 is 46.8 Å². The average Bonchev–Trinajstić information content (AvgIpc) is 2.65. The number of rotatable bonds is 8. The number of nitrogens with one attached hydrogen (secondary N) is 1. The van der Waals surface area contributed by atoms with Crippen LogP contribution < -0.4 is 5.32 Å². The Morgan fingerprint density at radius 1 is 1.07 bits per heavy atom. The summed E-state index contributed by atoms with van der Waals surface area (Å²) in [5.74, 6) is 0.642. The third-order valence-corrected chi connectivity index (χ3v) is 5.50. The van der Waals surface area contributed by atoms with E-state index < -0.39 is 6.04 Å². The van der Waals surface area contributed by atoms with Gasteiger partial charge in [-0.2, -0.15) is 0 Å². The third kappa shape index (κ3) is 6.76. The van der Waals surface area contributed by atoms with Gasteiger partial charge in [-0.3, -0.25) is 9.59 Å². The molecule has 0 heterocycles. The van der Waals surface area contributed by atoms with Gasteiger partial charge < -0.3 is 10.2 Å². The molecule has 2 aromatic carbocycles. The van der Waals surface area contributed by atoms with Crippen LogP contribution in [-0.2, 0) is 21.9 Å². The molecule has 0 saturated carbocycles. The molecule has 0 aliphatic rings. The lowest BCUT2D eigenvalue weighted by Gasteiger charge is -2.28. The standard InChI is InChI=1S/C20H22Cl2N2O2S/c1-14(20(26)23-2)24(11-15-5-3-7-17(21)9-15)19(25)13-27-12-16-6-4-8-18(22)10-16/h3-10,14H,11-13H2,1-2H3,(H,23,26)/t14-/m1/s1. The van der Waals surface area contributed by atoms with E-state index in [0.29, 0.717) is 22.3 Å². The summed E-state index contributed by atoms with van der Waals surface area (Å²) in [4.78, 5) is 26.5. The monoisotopic (exact) mass is 424 g/mol. The predicted molar refractivity (Wildman–Crippen MR) is 113 cm³/mol. The van der Waals surface area contributed by atoms with E-state index in [2.05, 4.69) is 5.32 Å². The quantitative estimate of drug-likeness (QED) is 0.683. The molecule has 0 aliphatic heterocycles. The number of carbonyl (C=O) groups is 2. The number of amides is 2. The highest BCUT2D eigenvalue weighted by molar-refractivity contribution is 7.99. The molecule has 144 valence electrons. The van der Waals surface area contributed by atoms with E-state index in [1.165, 1.54) is 11.8 Å². The number of carbonyl (C=O) groups excluding carboxylic acids is 2. The van der Waals surface area contributed by atoms with E-state index in [0.717, 1.165) is 11.1 Å². The van der Waals surface area contributed by atoms with Gasteiger partial charge >= 0.3 is 0 Å². The molecule has 27 heavy (non-hydrogen) atoms. The normalized spacial score (nSPS) is 11.7. The van der Waals surface area contributed by atoms with Gasteiger partial charge in [-0.25, -0.2) is 0 Å². The van der Waals surface area contributed by atoms with Gasteiger partial charge in [-0.05, 0) is 42.3 Å². The summed E-state index contributed by atoms with van der Waals surface area (Å²) < 4.78 is 0. The molecule has 1 N–H and O–H groups in total. The maximum absolute atomic E-state index is 12.8. The van der Waals surface area contributed by atoms with Crippen LogP contribution in [0.4, 0.5) is 0 Å². The van der Waals surface area contributed by atoms with E-state index in [4.69, 9.17) is 23.2 Å². The Balaban J connectivity index is 2.04. The minimum atomic E-state index is -0.576. The second-order valence-electron chi connectivity index (χ2n) is 6.06. The molecule has 0 bridgehead atoms. The molecule has 2 aromatic rings. The van der Waals surface area contributed by atoms with Gasteiger partial charge in [0.05, 0.1) is 5.75 Å². The molecule has 0 fully saturated rings. The highest BCUT2D eigenvalue weighted by atomic mass is 35.5. The molecule has 4 nitrogen and oxygen atoms in total. The van der Waals surface area contributed by atoms with Crippen molar-refractivity contribution in [3.8, 4) is 0 Å². The summed E-state index contributed by atoms with van der Waals surface area (Å²) in [6, 6.07) is 14.3. The van der Waals surface area contributed by atoms with Gasteiger partial charge in [0.2, 0.25) is 11.8 Å². The van der Waals surface area contributed by atoms with E-state index in [-0.39, 0.29) is 17.6 Å². The minimum Gasteiger partial charge on any atom is -0.357 e. The van der Waals surface area contributed by atoms with Gasteiger partial charge in [0.25, 0.3) is 0 Å². The van der Waals surface area contributed by atoms with E-state index in [1.54, 1.807) is 31.0 Å². The molecule has 0 radical (unpaired) electrons. The van der Waals surface area contributed by atoms with Crippen molar-refractivity contribution in [2.45, 2.75) is 25.3 Å². The number of halogens is 2. The van der Waals surface area contributed by atoms with Crippen LogP contribution in [0.5, 0.6) is 0 Å². The van der Waals surface area contributed by atoms with Crippen molar-refractivity contribution in [3.05, 3.63) is 69.7 Å². The smallest absolute Gasteiger partial charge is 0.242 e. The first-order valence-electron chi connectivity index (χ1n) is 8.48. The van der Waals surface area contributed by atoms with Crippen LogP contribution in [0.1, 0.15) is 18.1 Å². The zero-order valence-corrected chi connectivity index (χ0v) is 17.6. The first kappa shape index (κ1) is 21.6. The Morgan fingerprint density at radius 3 is 2.26 bits per heavy atom. The Morgan fingerprint density at radius 2 is 1.67 bits per heavy atom. The zero-order chi connectivity index (χ0) is 19.8. The van der Waals surface area contributed by atoms with Crippen LogP contribution in [-0.4, -0.2) is 35.6 Å². The van der Waals surface area contributed by atoms with E-state index in [1.807, 2.05) is 36.4 Å². The number of thioether (sulfide) groups is 1. The summed E-state index contributed by atoms with van der Waals surface area (Å²) in [5, 5.41) is 3.88. The molecular formula is C20H22Cl2N2O2S. The molecule has 0 aliphatic carbocycles. The van der Waals surface area contributed by atoms with Crippen molar-refractivity contribution in [1.29, 1.82) is 0 Å². The SMILES string of the molecule is CNC(=O)[C@@H](C)N(Cc1cccc(Cl)c1)C(=O)CSCc1cccc(Cl)c1. The molecule has 0 spiro atoms. The highest BCUT2D eigenvalue weighted by Crippen LogP contribution is 2.19. The summed E-state index contributed by atoms with van der Waals surface area (Å²) >= 11 is 13.5. The average molecular weight is 425 g/mol. The summed E-state index contributed by atoms with van der Waals surface area (Å²) in [5.41, 5.74) is 1.94. The fraction of sp³-hybridized carbons (Fsp3) is 0.300. The molecule has 0 aromatic heterocycles. The van der Waals surface area contributed by atoms with Crippen molar-refractivity contribution in [1.82, 2.24) is 10.2 Å². The summed E-state index contributed by atoms with van der Waals surface area (Å²) in [6.45, 7) is 2.05. The topological polar surface area (TPSA) is 49.4 Å². The lowest BCUT2D eigenvalue weighted by Crippen LogP contribution is -2.47. The zero-order valence-electron chi connectivity index (χ0n) is 15.2. The molecular weight excluding hydrogens is 403 g/mol. The van der Waals surface area contributed by atoms with Crippen molar-refractivity contribution in [2.75, 3.05) is 12.8 Å². The fourth-order valence-electron chi connectivity index (χ4n) is 2.59. The van der Waals surface area contributed by atoms with Crippen LogP contribution in [0.15, 0.2) is 48.5 Å². The number of benzene rings is 2. The Kier molecular flexibility index (Phi) is 8.48. The lowest BCUT2D eigenvalue weighted by molar-refractivity contribution is -0.138. The number of likely N-dealkylation sites (N-methyl/N-ethyl adjacent to an activating group) is 1. The summed E-state index contributed by atoms with van der Waals surface area (Å²) in [6.07, 6.45) is 0. The first-order valence-corrected chi connectivity index (χ1v) is 10.4. The van der Waals surface area contributed by atoms with Gasteiger partial charge in [0.15, 0.2) is 0 Å². The van der Waals surface area contributed by atoms with Crippen LogP contribution in [0.25, 0.3) is 0 Å². The maximum atomic E-state index is 12.8. The van der Waals surface area contributed by atoms with Crippen LogP contribution in [0.3, 0.4) is 0 Å². The van der Waals surface area contributed by atoms with Crippen molar-refractivity contribution < 1.29 is 9.59 Å². The first-order chi connectivity index (χ1) is 12.9. The molecule has 1 atom stereocenters. The second kappa shape index (κ2) is 10.6. The van der Waals surface area contributed by atoms with Crippen molar-refractivity contribution in [2.24, 2.45) is 0 Å².